The fraction of sp³-hybridized carbons (Fsp3) is 0.250. The Bertz CT molecular complexity index is 905. The summed E-state index contributed by atoms with van der Waals surface area (Å²) in [5.41, 5.74) is 8.99. The van der Waals surface area contributed by atoms with Gasteiger partial charge in [-0.15, -0.1) is 0 Å². The number of pyridine rings is 1. The van der Waals surface area contributed by atoms with Crippen LogP contribution in [-0.2, 0) is 0 Å². The molecule has 0 radical (unpaired) electrons. The molecule has 0 unspecified atom stereocenters. The van der Waals surface area contributed by atoms with E-state index in [0.717, 1.165) is 48.7 Å². The number of hydrogen-bond acceptors (Lipinski definition) is 4. The molecule has 0 bridgehead atoms. The minimum Gasteiger partial charge on any atom is -0.370 e. The number of H-pyrrole nitrogens is 1. The molecule has 3 N–H and O–H groups in total. The minimum atomic E-state index is -0.445. The summed E-state index contributed by atoms with van der Waals surface area (Å²) < 4.78 is 0. The molecule has 1 amide bonds. The molecule has 3 aromatic rings. The number of benzene rings is 1. The van der Waals surface area contributed by atoms with Gasteiger partial charge in [-0.25, -0.2) is 4.98 Å². The van der Waals surface area contributed by atoms with Gasteiger partial charge in [-0.05, 0) is 24.5 Å². The summed E-state index contributed by atoms with van der Waals surface area (Å²) in [5.74, 6) is 0.831. The van der Waals surface area contributed by atoms with Crippen LogP contribution in [0.4, 0.5) is 5.69 Å². The second kappa shape index (κ2) is 7.00. The largest absolute Gasteiger partial charge is 0.370 e. The molecule has 1 fully saturated rings. The van der Waals surface area contributed by atoms with Crippen LogP contribution in [0.25, 0.3) is 11.3 Å². The van der Waals surface area contributed by atoms with E-state index in [1.54, 1.807) is 12.4 Å². The summed E-state index contributed by atoms with van der Waals surface area (Å²) in [7, 11) is 0. The minimum absolute atomic E-state index is 0.287. The van der Waals surface area contributed by atoms with Crippen LogP contribution in [0.2, 0.25) is 0 Å². The summed E-state index contributed by atoms with van der Waals surface area (Å²) in [6.45, 7) is 1.69. The average Bonchev–Trinajstić information content (AvgIpc) is 3.19. The van der Waals surface area contributed by atoms with Gasteiger partial charge >= 0.3 is 0 Å². The van der Waals surface area contributed by atoms with Crippen molar-refractivity contribution in [2.75, 3.05) is 18.0 Å². The Morgan fingerprint density at radius 1 is 1.19 bits per heavy atom. The van der Waals surface area contributed by atoms with E-state index in [0.29, 0.717) is 5.56 Å². The number of aromatic nitrogens is 3. The Hall–Kier alpha value is -3.15. The molecule has 1 aromatic carbocycles. The standard InChI is InChI=1S/C20H21N5O/c21-19(26)16-11-22-9-8-18(16)25-10-4-7-15(13-25)20-23-12-17(24-20)14-5-2-1-3-6-14/h1-3,5-6,8-9,11-12,15H,4,7,10,13H2,(H2,21,26)(H,23,24)/t15-/m0/s1. The van der Waals surface area contributed by atoms with Gasteiger partial charge in [0.1, 0.15) is 5.82 Å². The summed E-state index contributed by atoms with van der Waals surface area (Å²) in [5, 5.41) is 0. The molecule has 26 heavy (non-hydrogen) atoms. The molecule has 6 heteroatoms. The molecule has 1 aliphatic rings. The highest BCUT2D eigenvalue weighted by Gasteiger charge is 2.26. The molecule has 1 aliphatic heterocycles. The van der Waals surface area contributed by atoms with Gasteiger partial charge in [0, 0.05) is 31.4 Å². The van der Waals surface area contributed by atoms with Crippen molar-refractivity contribution in [3.05, 3.63) is 66.4 Å². The second-order valence-electron chi connectivity index (χ2n) is 6.59. The fourth-order valence-electron chi connectivity index (χ4n) is 3.58. The molecule has 0 spiro atoms. The van der Waals surface area contributed by atoms with E-state index in [1.165, 1.54) is 0 Å². The topological polar surface area (TPSA) is 87.9 Å². The van der Waals surface area contributed by atoms with E-state index < -0.39 is 5.91 Å². The Morgan fingerprint density at radius 2 is 2.04 bits per heavy atom. The summed E-state index contributed by atoms with van der Waals surface area (Å²) in [6, 6.07) is 12.0. The third kappa shape index (κ3) is 3.18. The lowest BCUT2D eigenvalue weighted by molar-refractivity contribution is 0.100. The van der Waals surface area contributed by atoms with E-state index in [4.69, 9.17) is 5.73 Å². The van der Waals surface area contributed by atoms with Crippen molar-refractivity contribution in [2.45, 2.75) is 18.8 Å². The van der Waals surface area contributed by atoms with Crippen molar-refractivity contribution in [2.24, 2.45) is 5.73 Å². The molecule has 3 heterocycles. The van der Waals surface area contributed by atoms with Crippen molar-refractivity contribution < 1.29 is 4.79 Å². The van der Waals surface area contributed by atoms with Crippen LogP contribution in [0.1, 0.15) is 34.9 Å². The maximum Gasteiger partial charge on any atom is 0.252 e. The third-order valence-electron chi connectivity index (χ3n) is 4.89. The molecular weight excluding hydrogens is 326 g/mol. The number of primary amides is 1. The number of amides is 1. The molecule has 0 saturated carbocycles. The van der Waals surface area contributed by atoms with Crippen LogP contribution in [0.5, 0.6) is 0 Å². The fourth-order valence-corrected chi connectivity index (χ4v) is 3.58. The number of nitrogens with one attached hydrogen (secondary N) is 1. The number of nitrogens with zero attached hydrogens (tertiary/aromatic N) is 3. The second-order valence-corrected chi connectivity index (χ2v) is 6.59. The lowest BCUT2D eigenvalue weighted by Crippen LogP contribution is -2.36. The number of nitrogens with two attached hydrogens (primary N) is 1. The van der Waals surface area contributed by atoms with Crippen molar-refractivity contribution in [3.8, 4) is 11.3 Å². The first-order chi connectivity index (χ1) is 12.7. The average molecular weight is 347 g/mol. The van der Waals surface area contributed by atoms with Gasteiger partial charge in [0.25, 0.3) is 5.91 Å². The normalized spacial score (nSPS) is 17.2. The molecule has 6 nitrogen and oxygen atoms in total. The van der Waals surface area contributed by atoms with E-state index in [2.05, 4.69) is 32.0 Å². The molecule has 0 aliphatic carbocycles. The lowest BCUT2D eigenvalue weighted by atomic mass is 9.96. The van der Waals surface area contributed by atoms with Crippen molar-refractivity contribution in [1.82, 2.24) is 15.0 Å². The number of carbonyl (C=O) groups is 1. The Balaban J connectivity index is 1.57. The SMILES string of the molecule is NC(=O)c1cnccc1N1CCC[C@H](c2ncc(-c3ccccc3)[nH]2)C1. The first-order valence-electron chi connectivity index (χ1n) is 8.81. The maximum absolute atomic E-state index is 11.7. The quantitative estimate of drug-likeness (QED) is 0.759. The van der Waals surface area contributed by atoms with Gasteiger partial charge in [-0.1, -0.05) is 30.3 Å². The maximum atomic E-state index is 11.7. The number of piperidine rings is 1. The molecule has 2 aromatic heterocycles. The van der Waals surface area contributed by atoms with Crippen molar-refractivity contribution in [1.29, 1.82) is 0 Å². The smallest absolute Gasteiger partial charge is 0.252 e. The zero-order valence-corrected chi connectivity index (χ0v) is 14.4. The van der Waals surface area contributed by atoms with Crippen LogP contribution >= 0.6 is 0 Å². The summed E-state index contributed by atoms with van der Waals surface area (Å²) in [4.78, 5) is 26.0. The van der Waals surface area contributed by atoms with Crippen molar-refractivity contribution in [3.63, 3.8) is 0 Å². The van der Waals surface area contributed by atoms with Crippen LogP contribution in [-0.4, -0.2) is 33.9 Å². The van der Waals surface area contributed by atoms with Gasteiger partial charge in [-0.3, -0.25) is 9.78 Å². The van der Waals surface area contributed by atoms with Crippen LogP contribution < -0.4 is 10.6 Å². The third-order valence-corrected chi connectivity index (χ3v) is 4.89. The van der Waals surface area contributed by atoms with Gasteiger partial charge in [-0.2, -0.15) is 0 Å². The van der Waals surface area contributed by atoms with Gasteiger partial charge < -0.3 is 15.6 Å². The van der Waals surface area contributed by atoms with Gasteiger partial charge in [0.2, 0.25) is 0 Å². The molecule has 1 saturated heterocycles. The highest BCUT2D eigenvalue weighted by molar-refractivity contribution is 5.98. The van der Waals surface area contributed by atoms with Crippen LogP contribution in [0.3, 0.4) is 0 Å². The summed E-state index contributed by atoms with van der Waals surface area (Å²) >= 11 is 0. The predicted octanol–water partition coefficient (Wildman–Crippen LogP) is 2.95. The number of imidazole rings is 1. The van der Waals surface area contributed by atoms with Gasteiger partial charge in [0.05, 0.1) is 23.1 Å². The summed E-state index contributed by atoms with van der Waals surface area (Å²) in [6.07, 6.45) is 7.24. The van der Waals surface area contributed by atoms with E-state index in [1.807, 2.05) is 30.5 Å². The Morgan fingerprint density at radius 3 is 2.85 bits per heavy atom. The predicted molar refractivity (Wildman–Crippen MR) is 101 cm³/mol. The highest BCUT2D eigenvalue weighted by Crippen LogP contribution is 2.31. The Labute approximate surface area is 152 Å². The molecular formula is C20H21N5O. The molecule has 4 rings (SSSR count). The monoisotopic (exact) mass is 347 g/mol. The number of aromatic amines is 1. The highest BCUT2D eigenvalue weighted by atomic mass is 16.1. The van der Waals surface area contributed by atoms with E-state index in [-0.39, 0.29) is 5.92 Å². The van der Waals surface area contributed by atoms with Crippen LogP contribution in [0, 0.1) is 0 Å². The zero-order chi connectivity index (χ0) is 17.9. The van der Waals surface area contributed by atoms with Crippen molar-refractivity contribution >= 4 is 11.6 Å². The lowest BCUT2D eigenvalue weighted by Gasteiger charge is -2.34. The van der Waals surface area contributed by atoms with Gasteiger partial charge in [0.15, 0.2) is 0 Å². The molecule has 1 atom stereocenters. The van der Waals surface area contributed by atoms with Crippen LogP contribution in [0.15, 0.2) is 55.0 Å². The van der Waals surface area contributed by atoms with E-state index in [9.17, 15) is 4.79 Å². The molecule has 132 valence electrons. The van der Waals surface area contributed by atoms with E-state index >= 15 is 0 Å². The first kappa shape index (κ1) is 16.3. The Kier molecular flexibility index (Phi) is 4.39. The number of rotatable bonds is 4. The first-order valence-corrected chi connectivity index (χ1v) is 8.81. The number of hydrogen-bond donors (Lipinski definition) is 2. The zero-order valence-electron chi connectivity index (χ0n) is 14.4. The number of anilines is 1. The number of carbonyl (C=O) groups excluding carboxylic acids is 1.